The summed E-state index contributed by atoms with van der Waals surface area (Å²) in [7, 11) is 0. The number of carboxylic acid groups (broad SMARTS) is 1. The largest absolute Gasteiger partial charge is 0.478 e. The number of carboxylic acids is 1. The van der Waals surface area contributed by atoms with Crippen molar-refractivity contribution >= 4 is 40.1 Å². The van der Waals surface area contributed by atoms with Crippen LogP contribution in [0.25, 0.3) is 22.2 Å². The Labute approximate surface area is 239 Å². The molecule has 0 amide bonds. The molecule has 8 rings (SSSR count). The van der Waals surface area contributed by atoms with E-state index in [-0.39, 0.29) is 22.1 Å². The van der Waals surface area contributed by atoms with Crippen LogP contribution >= 0.6 is 23.2 Å². The Balaban J connectivity index is 1.12. The Hall–Kier alpha value is -3.07. The van der Waals surface area contributed by atoms with Gasteiger partial charge < -0.3 is 14.4 Å². The molecule has 7 nitrogen and oxygen atoms in total. The summed E-state index contributed by atoms with van der Waals surface area (Å²) in [5.41, 5.74) is 2.74. The number of aromatic carboxylic acids is 1. The number of rotatable bonds is 7. The Morgan fingerprint density at radius 3 is 2.42 bits per heavy atom. The van der Waals surface area contributed by atoms with Gasteiger partial charge in [-0.15, -0.1) is 0 Å². The van der Waals surface area contributed by atoms with Crippen LogP contribution in [0.15, 0.2) is 41.2 Å². The molecular formula is C30H26Cl2FN3O4. The van der Waals surface area contributed by atoms with Crippen LogP contribution in [-0.4, -0.2) is 31.8 Å². The van der Waals surface area contributed by atoms with Gasteiger partial charge in [0, 0.05) is 45.9 Å². The van der Waals surface area contributed by atoms with E-state index in [9.17, 15) is 14.3 Å². The fourth-order valence-corrected chi connectivity index (χ4v) is 7.09. The van der Waals surface area contributed by atoms with E-state index in [1.54, 1.807) is 18.5 Å². The SMILES string of the molecule is O=C(O)c1cc(F)c2nc(C34CCC(OCc5c(-c6c(Cl)cncc6Cl)noc5C5CC5)(CC3)CC4)ccc2c1. The molecule has 4 fully saturated rings. The van der Waals surface area contributed by atoms with Gasteiger partial charge in [0.05, 0.1) is 27.8 Å². The summed E-state index contributed by atoms with van der Waals surface area (Å²) in [5, 5.41) is 15.0. The predicted molar refractivity (Wildman–Crippen MR) is 147 cm³/mol. The lowest BCUT2D eigenvalue weighted by atomic mass is 9.57. The molecule has 4 aliphatic rings. The van der Waals surface area contributed by atoms with E-state index >= 15 is 0 Å². The molecule has 40 heavy (non-hydrogen) atoms. The van der Waals surface area contributed by atoms with Gasteiger partial charge in [-0.25, -0.2) is 14.2 Å². The number of fused-ring (bicyclic) bond motifs is 4. The van der Waals surface area contributed by atoms with E-state index in [2.05, 4.69) is 10.1 Å². The third kappa shape index (κ3) is 4.28. The van der Waals surface area contributed by atoms with Gasteiger partial charge in [-0.3, -0.25) is 4.98 Å². The average molecular weight is 582 g/mol. The highest BCUT2D eigenvalue weighted by atomic mass is 35.5. The maximum Gasteiger partial charge on any atom is 0.335 e. The summed E-state index contributed by atoms with van der Waals surface area (Å²) in [4.78, 5) is 20.1. The van der Waals surface area contributed by atoms with Crippen LogP contribution < -0.4 is 0 Å². The first-order valence-corrected chi connectivity index (χ1v) is 14.3. The highest BCUT2D eigenvalue weighted by Gasteiger charge is 2.51. The molecule has 1 N–H and O–H groups in total. The van der Waals surface area contributed by atoms with Crippen LogP contribution in [0.4, 0.5) is 4.39 Å². The second kappa shape index (κ2) is 9.50. The van der Waals surface area contributed by atoms with E-state index in [1.807, 2.05) is 6.07 Å². The van der Waals surface area contributed by atoms with Crippen molar-refractivity contribution in [1.82, 2.24) is 15.1 Å². The molecule has 0 spiro atoms. The van der Waals surface area contributed by atoms with Crippen molar-refractivity contribution < 1.29 is 23.6 Å². The molecule has 4 aromatic rings. The Bertz CT molecular complexity index is 1620. The Morgan fingerprint density at radius 1 is 1.07 bits per heavy atom. The lowest BCUT2D eigenvalue weighted by Crippen LogP contribution is -2.50. The van der Waals surface area contributed by atoms with Crippen molar-refractivity contribution in [2.24, 2.45) is 0 Å². The van der Waals surface area contributed by atoms with Crippen LogP contribution in [-0.2, 0) is 16.8 Å². The monoisotopic (exact) mass is 581 g/mol. The number of aromatic nitrogens is 3. The molecule has 1 aromatic carbocycles. The maximum absolute atomic E-state index is 14.8. The summed E-state index contributed by atoms with van der Waals surface area (Å²) in [6.45, 7) is 0.359. The number of halogens is 3. The van der Waals surface area contributed by atoms with Crippen LogP contribution in [0.3, 0.4) is 0 Å². The number of benzene rings is 1. The Kier molecular flexibility index (Phi) is 6.14. The van der Waals surface area contributed by atoms with E-state index in [4.69, 9.17) is 37.4 Å². The van der Waals surface area contributed by atoms with Crippen LogP contribution in [0, 0.1) is 5.82 Å². The van der Waals surface area contributed by atoms with Crippen molar-refractivity contribution in [2.75, 3.05) is 0 Å². The highest BCUT2D eigenvalue weighted by molar-refractivity contribution is 6.38. The molecule has 4 aliphatic carbocycles. The van der Waals surface area contributed by atoms with Gasteiger partial charge in [-0.05, 0) is 69.6 Å². The minimum absolute atomic E-state index is 0.0794. The van der Waals surface area contributed by atoms with E-state index < -0.39 is 11.8 Å². The number of hydrogen-bond acceptors (Lipinski definition) is 6. The van der Waals surface area contributed by atoms with Crippen molar-refractivity contribution in [3.8, 4) is 11.3 Å². The molecule has 0 radical (unpaired) electrons. The number of ether oxygens (including phenoxy) is 1. The third-order valence-electron chi connectivity index (χ3n) is 9.09. The number of carbonyl (C=O) groups is 1. The summed E-state index contributed by atoms with van der Waals surface area (Å²) in [6, 6.07) is 6.23. The number of hydrogen-bond donors (Lipinski definition) is 1. The maximum atomic E-state index is 14.8. The lowest BCUT2D eigenvalue weighted by Gasteiger charge is -2.52. The molecule has 206 valence electrons. The summed E-state index contributed by atoms with van der Waals surface area (Å²) >= 11 is 12.9. The van der Waals surface area contributed by atoms with Gasteiger partial charge in [-0.1, -0.05) is 34.4 Å². The smallest absolute Gasteiger partial charge is 0.335 e. The van der Waals surface area contributed by atoms with Gasteiger partial charge in [0.25, 0.3) is 0 Å². The van der Waals surface area contributed by atoms with Crippen molar-refractivity contribution in [3.63, 3.8) is 0 Å². The van der Waals surface area contributed by atoms with Crippen molar-refractivity contribution in [3.05, 3.63) is 75.1 Å². The van der Waals surface area contributed by atoms with Gasteiger partial charge in [0.2, 0.25) is 0 Å². The van der Waals surface area contributed by atoms with E-state index in [0.717, 1.165) is 74.5 Å². The molecule has 10 heteroatoms. The van der Waals surface area contributed by atoms with Crippen LogP contribution in [0.2, 0.25) is 10.0 Å². The minimum Gasteiger partial charge on any atom is -0.478 e. The first kappa shape index (κ1) is 25.9. The average Bonchev–Trinajstić information content (AvgIpc) is 3.72. The molecule has 0 aliphatic heterocycles. The summed E-state index contributed by atoms with van der Waals surface area (Å²) in [5.74, 6) is -0.574. The molecule has 3 aromatic heterocycles. The Morgan fingerprint density at radius 2 is 1.77 bits per heavy atom. The predicted octanol–water partition coefficient (Wildman–Crippen LogP) is 7.87. The zero-order chi connectivity index (χ0) is 27.6. The molecule has 4 saturated carbocycles. The molecule has 3 heterocycles. The third-order valence-corrected chi connectivity index (χ3v) is 9.67. The molecule has 0 atom stereocenters. The molecule has 2 bridgehead atoms. The summed E-state index contributed by atoms with van der Waals surface area (Å²) in [6.07, 6.45) is 10.5. The lowest BCUT2D eigenvalue weighted by molar-refractivity contribution is -0.127. The van der Waals surface area contributed by atoms with Gasteiger partial charge >= 0.3 is 5.97 Å². The zero-order valence-corrected chi connectivity index (χ0v) is 23.1. The standard InChI is InChI=1S/C30H26Cl2FN3O4/c31-20-13-34-14-21(32)24(20)26-19(27(40-36-26)16-1-2-16)15-39-30-8-5-29(6-9-30,7-10-30)23-4-3-17-11-18(28(37)38)12-22(33)25(17)35-23/h3-4,11-14,16H,1-2,5-10,15H2,(H,37,38). The van der Waals surface area contributed by atoms with Gasteiger partial charge in [0.15, 0.2) is 0 Å². The highest BCUT2D eigenvalue weighted by Crippen LogP contribution is 2.55. The van der Waals surface area contributed by atoms with Gasteiger partial charge in [0.1, 0.15) is 22.8 Å². The van der Waals surface area contributed by atoms with Crippen LogP contribution in [0.5, 0.6) is 0 Å². The zero-order valence-electron chi connectivity index (χ0n) is 21.6. The number of pyridine rings is 2. The fourth-order valence-electron chi connectivity index (χ4n) is 6.55. The normalized spacial score (nSPS) is 24.1. The molecular weight excluding hydrogens is 556 g/mol. The minimum atomic E-state index is -1.16. The first-order chi connectivity index (χ1) is 19.3. The van der Waals surface area contributed by atoms with Crippen molar-refractivity contribution in [2.45, 2.75) is 74.9 Å². The van der Waals surface area contributed by atoms with Crippen LogP contribution in [0.1, 0.15) is 84.7 Å². The van der Waals surface area contributed by atoms with Crippen molar-refractivity contribution in [1.29, 1.82) is 0 Å². The fraction of sp³-hybridized carbons (Fsp3) is 0.400. The second-order valence-electron chi connectivity index (χ2n) is 11.4. The molecule has 0 unspecified atom stereocenters. The second-order valence-corrected chi connectivity index (χ2v) is 12.2. The molecule has 0 saturated heterocycles. The summed E-state index contributed by atoms with van der Waals surface area (Å²) < 4.78 is 27.3. The quantitative estimate of drug-likeness (QED) is 0.237. The van der Waals surface area contributed by atoms with Gasteiger partial charge in [-0.2, -0.15) is 0 Å². The number of nitrogens with zero attached hydrogens (tertiary/aromatic N) is 3. The topological polar surface area (TPSA) is 98.3 Å². The first-order valence-electron chi connectivity index (χ1n) is 13.5. The van der Waals surface area contributed by atoms with E-state index in [0.29, 0.717) is 39.2 Å². The van der Waals surface area contributed by atoms with E-state index in [1.165, 1.54) is 6.07 Å².